The molecule has 0 radical (unpaired) electrons. The SMILES string of the molecule is CSCCN(C)CC1CNc2ccccc2C1. The summed E-state index contributed by atoms with van der Waals surface area (Å²) in [6.45, 7) is 3.50. The predicted octanol–water partition coefficient (Wildman–Crippen LogP) is 2.57. The molecule has 1 atom stereocenters. The van der Waals surface area contributed by atoms with Gasteiger partial charge >= 0.3 is 0 Å². The summed E-state index contributed by atoms with van der Waals surface area (Å²) in [5.74, 6) is 1.98. The van der Waals surface area contributed by atoms with E-state index in [1.165, 1.54) is 36.5 Å². The van der Waals surface area contributed by atoms with Crippen molar-refractivity contribution in [1.29, 1.82) is 0 Å². The van der Waals surface area contributed by atoms with Crippen LogP contribution in [0.4, 0.5) is 5.69 Å². The van der Waals surface area contributed by atoms with Gasteiger partial charge in [0.25, 0.3) is 0 Å². The molecule has 0 saturated heterocycles. The maximum atomic E-state index is 3.54. The van der Waals surface area contributed by atoms with Crippen LogP contribution < -0.4 is 5.32 Å². The van der Waals surface area contributed by atoms with Crippen molar-refractivity contribution in [2.24, 2.45) is 5.92 Å². The number of para-hydroxylation sites is 1. The fourth-order valence-electron chi connectivity index (χ4n) is 2.42. The van der Waals surface area contributed by atoms with Crippen molar-refractivity contribution >= 4 is 17.4 Å². The first-order valence-electron chi connectivity index (χ1n) is 6.29. The number of hydrogen-bond acceptors (Lipinski definition) is 3. The van der Waals surface area contributed by atoms with Crippen molar-refractivity contribution in [3.8, 4) is 0 Å². The summed E-state index contributed by atoms with van der Waals surface area (Å²) in [7, 11) is 2.23. The molecule has 17 heavy (non-hydrogen) atoms. The van der Waals surface area contributed by atoms with Crippen molar-refractivity contribution in [2.75, 3.05) is 44.0 Å². The number of nitrogens with one attached hydrogen (secondary N) is 1. The number of benzene rings is 1. The maximum Gasteiger partial charge on any atom is 0.0372 e. The van der Waals surface area contributed by atoms with Crippen LogP contribution in [0.5, 0.6) is 0 Å². The van der Waals surface area contributed by atoms with Crippen LogP contribution in [-0.2, 0) is 6.42 Å². The highest BCUT2D eigenvalue weighted by atomic mass is 32.2. The number of hydrogen-bond donors (Lipinski definition) is 1. The van der Waals surface area contributed by atoms with Crippen molar-refractivity contribution in [3.05, 3.63) is 29.8 Å². The Kier molecular flexibility index (Phi) is 4.75. The summed E-state index contributed by atoms with van der Waals surface area (Å²) in [5, 5.41) is 3.54. The molecule has 94 valence electrons. The van der Waals surface area contributed by atoms with Gasteiger partial charge in [-0.05, 0) is 37.3 Å². The smallest absolute Gasteiger partial charge is 0.0372 e. The lowest BCUT2D eigenvalue weighted by Crippen LogP contribution is -2.34. The average Bonchev–Trinajstić information content (AvgIpc) is 2.36. The van der Waals surface area contributed by atoms with Crippen molar-refractivity contribution in [3.63, 3.8) is 0 Å². The fourth-order valence-corrected chi connectivity index (χ4v) is 2.91. The third kappa shape index (κ3) is 3.65. The molecular weight excluding hydrogens is 228 g/mol. The largest absolute Gasteiger partial charge is 0.384 e. The molecule has 1 N–H and O–H groups in total. The molecule has 0 fully saturated rings. The highest BCUT2D eigenvalue weighted by molar-refractivity contribution is 7.98. The molecule has 0 aliphatic carbocycles. The monoisotopic (exact) mass is 250 g/mol. The second kappa shape index (κ2) is 6.31. The van der Waals surface area contributed by atoms with Gasteiger partial charge < -0.3 is 10.2 Å². The van der Waals surface area contributed by atoms with Gasteiger partial charge in [-0.15, -0.1) is 0 Å². The minimum atomic E-state index is 0.747. The van der Waals surface area contributed by atoms with Gasteiger partial charge in [0.1, 0.15) is 0 Å². The van der Waals surface area contributed by atoms with E-state index in [0.717, 1.165) is 12.5 Å². The van der Waals surface area contributed by atoms with E-state index in [2.05, 4.69) is 47.8 Å². The topological polar surface area (TPSA) is 15.3 Å². The third-order valence-electron chi connectivity index (χ3n) is 3.35. The van der Waals surface area contributed by atoms with E-state index >= 15 is 0 Å². The highest BCUT2D eigenvalue weighted by Gasteiger charge is 2.18. The predicted molar refractivity (Wildman–Crippen MR) is 78.0 cm³/mol. The third-order valence-corrected chi connectivity index (χ3v) is 3.94. The Hall–Kier alpha value is -0.670. The van der Waals surface area contributed by atoms with E-state index in [1.807, 2.05) is 11.8 Å². The maximum absolute atomic E-state index is 3.54. The van der Waals surface area contributed by atoms with Gasteiger partial charge in [-0.1, -0.05) is 18.2 Å². The van der Waals surface area contributed by atoms with Crippen molar-refractivity contribution in [2.45, 2.75) is 6.42 Å². The molecule has 1 aromatic carbocycles. The minimum Gasteiger partial charge on any atom is -0.384 e. The highest BCUT2D eigenvalue weighted by Crippen LogP contribution is 2.24. The van der Waals surface area contributed by atoms with Gasteiger partial charge in [0.2, 0.25) is 0 Å². The summed E-state index contributed by atoms with van der Waals surface area (Å²) in [6, 6.07) is 8.68. The van der Waals surface area contributed by atoms with Gasteiger partial charge in [-0.3, -0.25) is 0 Å². The molecule has 0 bridgehead atoms. The molecule has 1 aliphatic heterocycles. The van der Waals surface area contributed by atoms with E-state index in [-0.39, 0.29) is 0 Å². The van der Waals surface area contributed by atoms with Crippen LogP contribution >= 0.6 is 11.8 Å². The first-order chi connectivity index (χ1) is 8.29. The van der Waals surface area contributed by atoms with Crippen LogP contribution in [0.15, 0.2) is 24.3 Å². The van der Waals surface area contributed by atoms with Crippen molar-refractivity contribution < 1.29 is 0 Å². The molecular formula is C14H22N2S. The summed E-state index contributed by atoms with van der Waals surface area (Å²) in [6.07, 6.45) is 3.39. The van der Waals surface area contributed by atoms with Crippen LogP contribution in [0.3, 0.4) is 0 Å². The molecule has 1 aliphatic rings. The van der Waals surface area contributed by atoms with E-state index in [1.54, 1.807) is 0 Å². The molecule has 0 amide bonds. The second-order valence-electron chi connectivity index (χ2n) is 4.86. The Balaban J connectivity index is 1.85. The summed E-state index contributed by atoms with van der Waals surface area (Å²) >= 11 is 1.92. The molecule has 1 heterocycles. The second-order valence-corrected chi connectivity index (χ2v) is 5.85. The van der Waals surface area contributed by atoms with Crippen molar-refractivity contribution in [1.82, 2.24) is 4.90 Å². The Morgan fingerprint density at radius 3 is 3.06 bits per heavy atom. The molecule has 0 saturated carbocycles. The summed E-state index contributed by atoms with van der Waals surface area (Å²) in [5.41, 5.74) is 2.80. The Morgan fingerprint density at radius 1 is 1.41 bits per heavy atom. The van der Waals surface area contributed by atoms with Gasteiger partial charge in [-0.25, -0.2) is 0 Å². The lowest BCUT2D eigenvalue weighted by molar-refractivity contribution is 0.293. The molecule has 3 heteroatoms. The van der Waals surface area contributed by atoms with Gasteiger partial charge in [0, 0.05) is 31.1 Å². The van der Waals surface area contributed by atoms with E-state index in [9.17, 15) is 0 Å². The average molecular weight is 250 g/mol. The Bertz CT molecular complexity index is 354. The van der Waals surface area contributed by atoms with E-state index in [0.29, 0.717) is 0 Å². The number of fused-ring (bicyclic) bond motifs is 1. The molecule has 0 aromatic heterocycles. The number of nitrogens with zero attached hydrogens (tertiary/aromatic N) is 1. The molecule has 1 aromatic rings. The fraction of sp³-hybridized carbons (Fsp3) is 0.571. The van der Waals surface area contributed by atoms with E-state index in [4.69, 9.17) is 0 Å². The van der Waals surface area contributed by atoms with Gasteiger partial charge in [0.05, 0.1) is 0 Å². The lowest BCUT2D eigenvalue weighted by Gasteiger charge is -2.29. The van der Waals surface area contributed by atoms with Gasteiger partial charge in [0.15, 0.2) is 0 Å². The van der Waals surface area contributed by atoms with Gasteiger partial charge in [-0.2, -0.15) is 11.8 Å². The molecule has 2 rings (SSSR count). The van der Waals surface area contributed by atoms with E-state index < -0.39 is 0 Å². The first kappa shape index (κ1) is 12.8. The van der Waals surface area contributed by atoms with Crippen LogP contribution in [0.2, 0.25) is 0 Å². The zero-order valence-electron chi connectivity index (χ0n) is 10.8. The molecule has 2 nitrogen and oxygen atoms in total. The first-order valence-corrected chi connectivity index (χ1v) is 7.68. The zero-order chi connectivity index (χ0) is 12.1. The molecule has 0 spiro atoms. The summed E-state index contributed by atoms with van der Waals surface area (Å²) < 4.78 is 0. The van der Waals surface area contributed by atoms with Crippen LogP contribution in [0, 0.1) is 5.92 Å². The van der Waals surface area contributed by atoms with Crippen LogP contribution in [-0.4, -0.2) is 43.6 Å². The number of rotatable bonds is 5. The van der Waals surface area contributed by atoms with Crippen LogP contribution in [0.25, 0.3) is 0 Å². The summed E-state index contributed by atoms with van der Waals surface area (Å²) in [4.78, 5) is 2.46. The Morgan fingerprint density at radius 2 is 2.24 bits per heavy atom. The Labute approximate surface area is 109 Å². The molecule has 1 unspecified atom stereocenters. The zero-order valence-corrected chi connectivity index (χ0v) is 11.6. The number of thioether (sulfide) groups is 1. The normalized spacial score (nSPS) is 18.9. The van der Waals surface area contributed by atoms with Crippen LogP contribution in [0.1, 0.15) is 5.56 Å². The number of anilines is 1. The minimum absolute atomic E-state index is 0.747. The standard InChI is InChI=1S/C14H22N2S/c1-16(7-8-17-2)11-12-9-13-5-3-4-6-14(13)15-10-12/h3-6,12,15H,7-11H2,1-2H3. The quantitative estimate of drug-likeness (QED) is 0.864. The lowest BCUT2D eigenvalue weighted by atomic mass is 9.93.